The Kier molecular flexibility index (Phi) is 7.56. The third-order valence-electron chi connectivity index (χ3n) is 6.03. The van der Waals surface area contributed by atoms with Crippen LogP contribution >= 0.6 is 11.6 Å². The minimum Gasteiger partial charge on any atom is -0.371 e. The van der Waals surface area contributed by atoms with Crippen LogP contribution in [0.25, 0.3) is 0 Å². The van der Waals surface area contributed by atoms with E-state index in [1.807, 2.05) is 61.6 Å². The second kappa shape index (κ2) is 10.6. The number of nitrogens with zero attached hydrogens (tertiary/aromatic N) is 2. The molecule has 0 atom stereocenters. The maximum atomic E-state index is 13.2. The standard InChI is InChI=1S/C26H28ClN3O3S/c1-29(19-20-7-3-2-4-8-20)26(31)24-9-5-6-10-25(24)30-17-15-22(16-18-30)28-34(32,33)23-13-11-21(27)12-14-23/h2-14,22,28H,15-19H2,1H3. The summed E-state index contributed by atoms with van der Waals surface area (Å²) in [7, 11) is -1.80. The predicted molar refractivity (Wildman–Crippen MR) is 136 cm³/mol. The van der Waals surface area contributed by atoms with E-state index in [0.717, 1.165) is 11.3 Å². The van der Waals surface area contributed by atoms with Crippen molar-refractivity contribution < 1.29 is 13.2 Å². The molecule has 0 spiro atoms. The first-order valence-corrected chi connectivity index (χ1v) is 13.1. The van der Waals surface area contributed by atoms with E-state index in [0.29, 0.717) is 43.1 Å². The second-order valence-corrected chi connectivity index (χ2v) is 10.7. The smallest absolute Gasteiger partial charge is 0.256 e. The maximum Gasteiger partial charge on any atom is 0.256 e. The molecule has 3 aromatic rings. The number of carbonyl (C=O) groups excluding carboxylic acids is 1. The molecule has 0 radical (unpaired) electrons. The average molecular weight is 498 g/mol. The van der Waals surface area contributed by atoms with E-state index in [1.165, 1.54) is 12.1 Å². The van der Waals surface area contributed by atoms with Crippen molar-refractivity contribution in [2.24, 2.45) is 0 Å². The number of amides is 1. The zero-order chi connectivity index (χ0) is 24.1. The molecule has 0 bridgehead atoms. The Labute approximate surface area is 206 Å². The summed E-state index contributed by atoms with van der Waals surface area (Å²) in [6.45, 7) is 1.84. The van der Waals surface area contributed by atoms with E-state index in [1.54, 1.807) is 17.0 Å². The highest BCUT2D eigenvalue weighted by atomic mass is 35.5. The van der Waals surface area contributed by atoms with Crippen LogP contribution in [0, 0.1) is 0 Å². The van der Waals surface area contributed by atoms with Gasteiger partial charge >= 0.3 is 0 Å². The highest BCUT2D eigenvalue weighted by molar-refractivity contribution is 7.89. The maximum absolute atomic E-state index is 13.2. The summed E-state index contributed by atoms with van der Waals surface area (Å²) in [6.07, 6.45) is 1.30. The van der Waals surface area contributed by atoms with Gasteiger partial charge in [-0.25, -0.2) is 13.1 Å². The molecule has 1 amide bonds. The van der Waals surface area contributed by atoms with Gasteiger partial charge in [-0.1, -0.05) is 54.1 Å². The van der Waals surface area contributed by atoms with Crippen LogP contribution in [0.1, 0.15) is 28.8 Å². The lowest BCUT2D eigenvalue weighted by Gasteiger charge is -2.35. The number of anilines is 1. The molecule has 34 heavy (non-hydrogen) atoms. The lowest BCUT2D eigenvalue weighted by atomic mass is 10.0. The largest absolute Gasteiger partial charge is 0.371 e. The molecule has 0 unspecified atom stereocenters. The molecule has 1 N–H and O–H groups in total. The Balaban J connectivity index is 1.41. The number of hydrogen-bond acceptors (Lipinski definition) is 4. The number of sulfonamides is 1. The van der Waals surface area contributed by atoms with Crippen LogP contribution in [-0.2, 0) is 16.6 Å². The van der Waals surface area contributed by atoms with Crippen molar-refractivity contribution in [3.8, 4) is 0 Å². The molecule has 8 heteroatoms. The van der Waals surface area contributed by atoms with Gasteiger partial charge in [-0.05, 0) is 54.8 Å². The Bertz CT molecular complexity index is 1230. The summed E-state index contributed by atoms with van der Waals surface area (Å²) in [5, 5.41) is 0.495. The number of halogens is 1. The normalized spacial score (nSPS) is 14.7. The molecular formula is C26H28ClN3O3S. The number of nitrogens with one attached hydrogen (secondary N) is 1. The van der Waals surface area contributed by atoms with Crippen LogP contribution < -0.4 is 9.62 Å². The van der Waals surface area contributed by atoms with E-state index in [-0.39, 0.29) is 16.8 Å². The minimum absolute atomic E-state index is 0.0370. The summed E-state index contributed by atoms with van der Waals surface area (Å²) < 4.78 is 28.2. The summed E-state index contributed by atoms with van der Waals surface area (Å²) >= 11 is 5.88. The van der Waals surface area contributed by atoms with E-state index < -0.39 is 10.0 Å². The Morgan fingerprint density at radius 2 is 1.59 bits per heavy atom. The van der Waals surface area contributed by atoms with Crippen LogP contribution in [-0.4, -0.2) is 45.4 Å². The lowest BCUT2D eigenvalue weighted by molar-refractivity contribution is 0.0785. The molecule has 1 heterocycles. The van der Waals surface area contributed by atoms with Crippen molar-refractivity contribution in [3.05, 3.63) is 95.0 Å². The predicted octanol–water partition coefficient (Wildman–Crippen LogP) is 4.56. The fraction of sp³-hybridized carbons (Fsp3) is 0.269. The van der Waals surface area contributed by atoms with Gasteiger partial charge in [0.25, 0.3) is 5.91 Å². The molecule has 4 rings (SSSR count). The van der Waals surface area contributed by atoms with Gasteiger partial charge in [0, 0.05) is 43.4 Å². The highest BCUT2D eigenvalue weighted by Gasteiger charge is 2.27. The number of piperidine rings is 1. The van der Waals surface area contributed by atoms with Crippen molar-refractivity contribution in [3.63, 3.8) is 0 Å². The zero-order valence-corrected chi connectivity index (χ0v) is 20.6. The number of hydrogen-bond donors (Lipinski definition) is 1. The van der Waals surface area contributed by atoms with Gasteiger partial charge in [-0.3, -0.25) is 4.79 Å². The molecular weight excluding hydrogens is 470 g/mol. The van der Waals surface area contributed by atoms with Crippen molar-refractivity contribution in [1.82, 2.24) is 9.62 Å². The summed E-state index contributed by atoms with van der Waals surface area (Å²) in [4.78, 5) is 17.3. The Morgan fingerprint density at radius 1 is 0.971 bits per heavy atom. The number of carbonyl (C=O) groups is 1. The van der Waals surface area contributed by atoms with Crippen LogP contribution in [0.5, 0.6) is 0 Å². The van der Waals surface area contributed by atoms with Crippen molar-refractivity contribution in [2.75, 3.05) is 25.0 Å². The van der Waals surface area contributed by atoms with Crippen molar-refractivity contribution in [2.45, 2.75) is 30.3 Å². The number of benzene rings is 3. The first-order chi connectivity index (χ1) is 16.3. The first kappa shape index (κ1) is 24.3. The van der Waals surface area contributed by atoms with Crippen LogP contribution in [0.4, 0.5) is 5.69 Å². The quantitative estimate of drug-likeness (QED) is 0.519. The molecule has 1 aliphatic rings. The third-order valence-corrected chi connectivity index (χ3v) is 7.81. The molecule has 3 aromatic carbocycles. The molecule has 0 aromatic heterocycles. The fourth-order valence-electron chi connectivity index (χ4n) is 4.20. The minimum atomic E-state index is -3.61. The van der Waals surface area contributed by atoms with Crippen molar-refractivity contribution in [1.29, 1.82) is 0 Å². The highest BCUT2D eigenvalue weighted by Crippen LogP contribution is 2.26. The van der Waals surface area contributed by atoms with Gasteiger partial charge in [-0.2, -0.15) is 0 Å². The Morgan fingerprint density at radius 3 is 2.26 bits per heavy atom. The molecule has 178 valence electrons. The molecule has 0 saturated carbocycles. The summed E-state index contributed by atoms with van der Waals surface area (Å²) in [6, 6.07) is 23.5. The zero-order valence-electron chi connectivity index (χ0n) is 19.0. The molecule has 1 aliphatic heterocycles. The monoisotopic (exact) mass is 497 g/mol. The van der Waals surface area contributed by atoms with Crippen LogP contribution in [0.2, 0.25) is 5.02 Å². The average Bonchev–Trinajstić information content (AvgIpc) is 2.85. The lowest BCUT2D eigenvalue weighted by Crippen LogP contribution is -2.45. The van der Waals surface area contributed by atoms with E-state index in [4.69, 9.17) is 11.6 Å². The fourth-order valence-corrected chi connectivity index (χ4v) is 5.64. The van der Waals surface area contributed by atoms with Crippen LogP contribution in [0.15, 0.2) is 83.8 Å². The number of rotatable bonds is 7. The molecule has 1 saturated heterocycles. The number of para-hydroxylation sites is 1. The van der Waals surface area contributed by atoms with Crippen LogP contribution in [0.3, 0.4) is 0 Å². The van der Waals surface area contributed by atoms with Crippen molar-refractivity contribution >= 4 is 33.2 Å². The van der Waals surface area contributed by atoms with Gasteiger partial charge < -0.3 is 9.80 Å². The SMILES string of the molecule is CN(Cc1ccccc1)C(=O)c1ccccc1N1CCC(NS(=O)(=O)c2ccc(Cl)cc2)CC1. The first-order valence-electron chi connectivity index (χ1n) is 11.2. The third kappa shape index (κ3) is 5.78. The molecule has 0 aliphatic carbocycles. The van der Waals surface area contributed by atoms with Gasteiger partial charge in [-0.15, -0.1) is 0 Å². The van der Waals surface area contributed by atoms with Gasteiger partial charge in [0.1, 0.15) is 0 Å². The van der Waals surface area contributed by atoms with Gasteiger partial charge in [0.05, 0.1) is 10.5 Å². The van der Waals surface area contributed by atoms with Gasteiger partial charge in [0.15, 0.2) is 0 Å². The molecule has 6 nitrogen and oxygen atoms in total. The van der Waals surface area contributed by atoms with E-state index in [9.17, 15) is 13.2 Å². The summed E-state index contributed by atoms with van der Waals surface area (Å²) in [5.74, 6) is -0.0370. The van der Waals surface area contributed by atoms with E-state index >= 15 is 0 Å². The Hall–Kier alpha value is -2.87. The topological polar surface area (TPSA) is 69.7 Å². The van der Waals surface area contributed by atoms with Gasteiger partial charge in [0.2, 0.25) is 10.0 Å². The molecule has 1 fully saturated rings. The summed E-state index contributed by atoms with van der Waals surface area (Å²) in [5.41, 5.74) is 2.61. The second-order valence-electron chi connectivity index (χ2n) is 8.50. The van der Waals surface area contributed by atoms with E-state index in [2.05, 4.69) is 9.62 Å².